The van der Waals surface area contributed by atoms with Crippen molar-refractivity contribution >= 4 is 23.5 Å². The summed E-state index contributed by atoms with van der Waals surface area (Å²) in [6.07, 6.45) is 1.63. The van der Waals surface area contributed by atoms with Crippen molar-refractivity contribution in [3.05, 3.63) is 57.7 Å². The van der Waals surface area contributed by atoms with Crippen LogP contribution in [0.3, 0.4) is 0 Å². The lowest BCUT2D eigenvalue weighted by molar-refractivity contribution is 0.0998. The highest BCUT2D eigenvalue weighted by Crippen LogP contribution is 2.27. The Morgan fingerprint density at radius 1 is 1.20 bits per heavy atom. The van der Waals surface area contributed by atoms with E-state index in [4.69, 9.17) is 10.5 Å². The first-order valence-corrected chi connectivity index (χ1v) is 10.2. The summed E-state index contributed by atoms with van der Waals surface area (Å²) in [6, 6.07) is 9.58. The lowest BCUT2D eigenvalue weighted by atomic mass is 10.1. The van der Waals surface area contributed by atoms with Crippen LogP contribution >= 0.6 is 11.3 Å². The predicted octanol–water partition coefficient (Wildman–Crippen LogP) is 2.93. The summed E-state index contributed by atoms with van der Waals surface area (Å²) in [6.45, 7) is 4.77. The zero-order chi connectivity index (χ0) is 21.7. The van der Waals surface area contributed by atoms with Crippen LogP contribution in [0.1, 0.15) is 29.8 Å². The first-order chi connectivity index (χ1) is 14.4. The number of aromatic hydroxyl groups is 2. The highest BCUT2D eigenvalue weighted by Gasteiger charge is 2.13. The van der Waals surface area contributed by atoms with Gasteiger partial charge in [0.05, 0.1) is 24.1 Å². The Kier molecular flexibility index (Phi) is 6.53. The lowest BCUT2D eigenvalue weighted by Crippen LogP contribution is -2.13. The molecule has 0 aliphatic rings. The SMILES string of the molecule is CCN=c1scc(-c2ccc(O)c(C(N)=O)c2)n1/N=C/c1ccc(O)c(OCC)c1. The van der Waals surface area contributed by atoms with Gasteiger partial charge in [0, 0.05) is 17.5 Å². The van der Waals surface area contributed by atoms with Crippen molar-refractivity contribution < 1.29 is 19.7 Å². The smallest absolute Gasteiger partial charge is 0.252 e. The van der Waals surface area contributed by atoms with Crippen LogP contribution in [0, 0.1) is 0 Å². The van der Waals surface area contributed by atoms with Crippen LogP contribution in [0.2, 0.25) is 0 Å². The van der Waals surface area contributed by atoms with E-state index in [1.807, 2.05) is 19.2 Å². The highest BCUT2D eigenvalue weighted by molar-refractivity contribution is 7.07. The van der Waals surface area contributed by atoms with Crippen LogP contribution in [0.5, 0.6) is 17.2 Å². The Morgan fingerprint density at radius 3 is 2.67 bits per heavy atom. The third kappa shape index (κ3) is 4.52. The van der Waals surface area contributed by atoms with Crippen LogP contribution < -0.4 is 15.3 Å². The van der Waals surface area contributed by atoms with Gasteiger partial charge in [-0.2, -0.15) is 5.10 Å². The number of ether oxygens (including phenoxy) is 1. The molecule has 0 saturated heterocycles. The second kappa shape index (κ2) is 9.27. The second-order valence-electron chi connectivity index (χ2n) is 6.19. The maximum absolute atomic E-state index is 11.6. The van der Waals surface area contributed by atoms with E-state index in [-0.39, 0.29) is 17.1 Å². The normalized spacial score (nSPS) is 11.9. The van der Waals surface area contributed by atoms with E-state index in [1.165, 1.54) is 23.5 Å². The number of phenols is 2. The second-order valence-corrected chi connectivity index (χ2v) is 7.03. The standard InChI is InChI=1S/C21H22N4O4S/c1-3-23-21-25(24-11-13-5-7-18(27)19(9-13)29-4-2)16(12-30-21)14-6-8-17(26)15(10-14)20(22)28/h5-12,26-27H,3-4H2,1-2H3,(H2,22,28)/b23-21?,24-11+. The average molecular weight is 426 g/mol. The number of phenolic OH excluding ortho intramolecular Hbond substituents is 1. The molecule has 9 heteroatoms. The van der Waals surface area contributed by atoms with Crippen molar-refractivity contribution in [2.75, 3.05) is 13.2 Å². The molecule has 3 aromatic rings. The van der Waals surface area contributed by atoms with Crippen molar-refractivity contribution in [3.63, 3.8) is 0 Å². The van der Waals surface area contributed by atoms with Crippen LogP contribution in [-0.4, -0.2) is 40.2 Å². The van der Waals surface area contributed by atoms with Gasteiger partial charge in [-0.1, -0.05) is 0 Å². The number of hydrogen-bond acceptors (Lipinski definition) is 7. The topological polar surface area (TPSA) is 122 Å². The molecule has 8 nitrogen and oxygen atoms in total. The molecule has 2 aromatic carbocycles. The number of thiazole rings is 1. The highest BCUT2D eigenvalue weighted by atomic mass is 32.1. The van der Waals surface area contributed by atoms with Crippen molar-refractivity contribution in [1.82, 2.24) is 4.68 Å². The van der Waals surface area contributed by atoms with Gasteiger partial charge in [-0.15, -0.1) is 11.3 Å². The molecule has 4 N–H and O–H groups in total. The third-order valence-corrected chi connectivity index (χ3v) is 5.00. The molecule has 156 valence electrons. The summed E-state index contributed by atoms with van der Waals surface area (Å²) < 4.78 is 7.07. The molecule has 1 heterocycles. The van der Waals surface area contributed by atoms with Gasteiger partial charge in [-0.05, 0) is 55.8 Å². The minimum Gasteiger partial charge on any atom is -0.507 e. The third-order valence-electron chi connectivity index (χ3n) is 4.14. The van der Waals surface area contributed by atoms with Crippen LogP contribution in [-0.2, 0) is 0 Å². The first kappa shape index (κ1) is 21.1. The van der Waals surface area contributed by atoms with E-state index in [2.05, 4.69) is 10.1 Å². The number of nitrogens with zero attached hydrogens (tertiary/aromatic N) is 3. The molecule has 0 saturated carbocycles. The molecule has 0 atom stereocenters. The molecule has 1 aromatic heterocycles. The molecule has 0 spiro atoms. The van der Waals surface area contributed by atoms with Gasteiger partial charge >= 0.3 is 0 Å². The Bertz CT molecular complexity index is 1160. The van der Waals surface area contributed by atoms with Crippen molar-refractivity contribution in [3.8, 4) is 28.5 Å². The molecule has 1 amide bonds. The molecule has 0 unspecified atom stereocenters. The molecule has 0 bridgehead atoms. The number of aromatic nitrogens is 1. The zero-order valence-electron chi connectivity index (χ0n) is 16.6. The summed E-state index contributed by atoms with van der Waals surface area (Å²) in [7, 11) is 0. The van der Waals surface area contributed by atoms with Crippen molar-refractivity contribution in [2.24, 2.45) is 15.8 Å². The van der Waals surface area contributed by atoms with Gasteiger partial charge in [0.2, 0.25) is 4.80 Å². The minimum absolute atomic E-state index is 0.0306. The lowest BCUT2D eigenvalue weighted by Gasteiger charge is -2.07. The summed E-state index contributed by atoms with van der Waals surface area (Å²) in [5, 5.41) is 26.2. The molecular formula is C21H22N4O4S. The maximum Gasteiger partial charge on any atom is 0.252 e. The van der Waals surface area contributed by atoms with Gasteiger partial charge in [-0.3, -0.25) is 9.79 Å². The van der Waals surface area contributed by atoms with Crippen LogP contribution in [0.4, 0.5) is 0 Å². The van der Waals surface area contributed by atoms with E-state index in [0.29, 0.717) is 35.0 Å². The number of nitrogens with two attached hydrogens (primary N) is 1. The zero-order valence-corrected chi connectivity index (χ0v) is 17.4. The molecule has 0 fully saturated rings. The van der Waals surface area contributed by atoms with Gasteiger partial charge in [0.25, 0.3) is 5.91 Å². The Morgan fingerprint density at radius 2 is 1.97 bits per heavy atom. The van der Waals surface area contributed by atoms with Crippen molar-refractivity contribution in [2.45, 2.75) is 13.8 Å². The fourth-order valence-corrected chi connectivity index (χ4v) is 3.65. The molecule has 30 heavy (non-hydrogen) atoms. The van der Waals surface area contributed by atoms with E-state index in [9.17, 15) is 15.0 Å². The number of benzene rings is 2. The largest absolute Gasteiger partial charge is 0.507 e. The predicted molar refractivity (Wildman–Crippen MR) is 116 cm³/mol. The van der Waals surface area contributed by atoms with E-state index in [1.54, 1.807) is 35.2 Å². The van der Waals surface area contributed by atoms with E-state index < -0.39 is 5.91 Å². The number of amides is 1. The first-order valence-electron chi connectivity index (χ1n) is 9.29. The average Bonchev–Trinajstić information content (AvgIpc) is 3.12. The maximum atomic E-state index is 11.6. The summed E-state index contributed by atoms with van der Waals surface area (Å²) in [5.41, 5.74) is 7.46. The molecule has 3 rings (SSSR count). The number of carbonyl (C=O) groups excluding carboxylic acids is 1. The number of primary amides is 1. The van der Waals surface area contributed by atoms with Gasteiger partial charge in [0.1, 0.15) is 5.75 Å². The minimum atomic E-state index is -0.717. The molecular weight excluding hydrogens is 404 g/mol. The van der Waals surface area contributed by atoms with Crippen LogP contribution in [0.15, 0.2) is 51.9 Å². The molecule has 0 radical (unpaired) electrons. The Labute approximate surface area is 177 Å². The number of carbonyl (C=O) groups is 1. The summed E-state index contributed by atoms with van der Waals surface area (Å²) in [4.78, 5) is 16.7. The van der Waals surface area contributed by atoms with Crippen LogP contribution in [0.25, 0.3) is 11.3 Å². The fourth-order valence-electron chi connectivity index (χ4n) is 2.75. The van der Waals surface area contributed by atoms with Crippen molar-refractivity contribution in [1.29, 1.82) is 0 Å². The van der Waals surface area contributed by atoms with Gasteiger partial charge < -0.3 is 20.7 Å². The monoisotopic (exact) mass is 426 g/mol. The quantitative estimate of drug-likeness (QED) is 0.503. The van der Waals surface area contributed by atoms with Gasteiger partial charge in [0.15, 0.2) is 11.5 Å². The molecule has 0 aliphatic heterocycles. The van der Waals surface area contributed by atoms with Gasteiger partial charge in [-0.25, -0.2) is 4.68 Å². The van der Waals surface area contributed by atoms with E-state index in [0.717, 1.165) is 5.56 Å². The summed E-state index contributed by atoms with van der Waals surface area (Å²) in [5.74, 6) is -0.462. The van der Waals surface area contributed by atoms with E-state index >= 15 is 0 Å². The number of hydrogen-bond donors (Lipinski definition) is 3. The fraction of sp³-hybridized carbons (Fsp3) is 0.190. The Balaban J connectivity index is 2.07. The Hall–Kier alpha value is -3.59. The summed E-state index contributed by atoms with van der Waals surface area (Å²) >= 11 is 1.40. The molecule has 0 aliphatic carbocycles. The number of rotatable bonds is 7.